The third-order valence-corrected chi connectivity index (χ3v) is 2.05. The third-order valence-electron chi connectivity index (χ3n) is 2.05. The fraction of sp³-hybridized carbons (Fsp3) is 0.818. The minimum Gasteiger partial charge on any atom is -0.465 e. The Bertz CT molecular complexity index is 208. The molecule has 0 aliphatic rings. The Morgan fingerprint density at radius 1 is 1.06 bits per heavy atom. The summed E-state index contributed by atoms with van der Waals surface area (Å²) in [5.74, 6) is -2.66. The van der Waals surface area contributed by atoms with Crippen LogP contribution in [-0.4, -0.2) is 36.4 Å². The Hall–Kier alpha value is -1.10. The van der Waals surface area contributed by atoms with Gasteiger partial charge in [0.1, 0.15) is 0 Å². The molecule has 0 bridgehead atoms. The lowest BCUT2D eigenvalue weighted by molar-refractivity contribution is -0.167. The SMILES string of the molecule is CCCC(O)C(C(=O)OCC)C(=O)OCC. The molecule has 0 spiro atoms. The highest BCUT2D eigenvalue weighted by Crippen LogP contribution is 2.14. The molecule has 0 aliphatic heterocycles. The molecule has 0 rings (SSSR count). The summed E-state index contributed by atoms with van der Waals surface area (Å²) in [7, 11) is 0. The number of aliphatic hydroxyl groups is 1. The zero-order valence-corrected chi connectivity index (χ0v) is 10.1. The highest BCUT2D eigenvalue weighted by Gasteiger charge is 2.35. The molecule has 0 fully saturated rings. The number of carbonyl (C=O) groups is 2. The molecule has 0 heterocycles. The summed E-state index contributed by atoms with van der Waals surface area (Å²) in [6.45, 7) is 5.50. The largest absolute Gasteiger partial charge is 0.465 e. The van der Waals surface area contributed by atoms with E-state index < -0.39 is 24.0 Å². The molecule has 94 valence electrons. The van der Waals surface area contributed by atoms with Gasteiger partial charge in [-0.15, -0.1) is 0 Å². The molecule has 0 saturated heterocycles. The van der Waals surface area contributed by atoms with Crippen LogP contribution in [-0.2, 0) is 19.1 Å². The Morgan fingerprint density at radius 2 is 1.50 bits per heavy atom. The predicted octanol–water partition coefficient (Wildman–Crippen LogP) is 0.890. The molecule has 5 nitrogen and oxygen atoms in total. The fourth-order valence-electron chi connectivity index (χ4n) is 1.34. The van der Waals surface area contributed by atoms with E-state index in [1.165, 1.54) is 0 Å². The summed E-state index contributed by atoms with van der Waals surface area (Å²) < 4.78 is 9.48. The molecule has 1 unspecified atom stereocenters. The minimum atomic E-state index is -1.22. The molecule has 1 N–H and O–H groups in total. The monoisotopic (exact) mass is 232 g/mol. The predicted molar refractivity (Wildman–Crippen MR) is 57.7 cm³/mol. The van der Waals surface area contributed by atoms with Crippen molar-refractivity contribution in [2.75, 3.05) is 13.2 Å². The maximum Gasteiger partial charge on any atom is 0.323 e. The first-order valence-electron chi connectivity index (χ1n) is 5.59. The highest BCUT2D eigenvalue weighted by molar-refractivity contribution is 5.95. The van der Waals surface area contributed by atoms with Crippen LogP contribution in [0, 0.1) is 5.92 Å². The van der Waals surface area contributed by atoms with Gasteiger partial charge in [-0.3, -0.25) is 9.59 Å². The number of hydrogen-bond acceptors (Lipinski definition) is 5. The summed E-state index contributed by atoms with van der Waals surface area (Å²) in [5.41, 5.74) is 0. The van der Waals surface area contributed by atoms with Gasteiger partial charge in [-0.1, -0.05) is 13.3 Å². The molecule has 0 radical (unpaired) electrons. The number of aliphatic hydroxyl groups excluding tert-OH is 1. The lowest BCUT2D eigenvalue weighted by Gasteiger charge is -2.19. The Balaban J connectivity index is 4.60. The van der Waals surface area contributed by atoms with Crippen LogP contribution in [0.25, 0.3) is 0 Å². The lowest BCUT2D eigenvalue weighted by atomic mass is 9.99. The number of ether oxygens (including phenoxy) is 2. The summed E-state index contributed by atoms with van der Waals surface area (Å²) >= 11 is 0. The van der Waals surface area contributed by atoms with Crippen molar-refractivity contribution < 1.29 is 24.2 Å². The van der Waals surface area contributed by atoms with Crippen LogP contribution in [0.4, 0.5) is 0 Å². The fourth-order valence-corrected chi connectivity index (χ4v) is 1.34. The molecule has 0 saturated carbocycles. The summed E-state index contributed by atoms with van der Waals surface area (Å²) in [4.78, 5) is 23.0. The number of carbonyl (C=O) groups excluding carboxylic acids is 2. The normalized spacial score (nSPS) is 12.3. The van der Waals surface area contributed by atoms with Gasteiger partial charge in [-0.05, 0) is 20.3 Å². The van der Waals surface area contributed by atoms with Gasteiger partial charge in [0.05, 0.1) is 19.3 Å². The Morgan fingerprint density at radius 3 is 1.81 bits per heavy atom. The molecule has 0 amide bonds. The first kappa shape index (κ1) is 14.9. The van der Waals surface area contributed by atoms with E-state index in [1.54, 1.807) is 13.8 Å². The molecule has 0 aromatic rings. The van der Waals surface area contributed by atoms with Gasteiger partial charge in [-0.25, -0.2) is 0 Å². The second-order valence-corrected chi connectivity index (χ2v) is 3.34. The van der Waals surface area contributed by atoms with Gasteiger partial charge in [0.15, 0.2) is 5.92 Å². The molecule has 0 aromatic heterocycles. The van der Waals surface area contributed by atoms with E-state index in [-0.39, 0.29) is 13.2 Å². The lowest BCUT2D eigenvalue weighted by Crippen LogP contribution is -2.37. The van der Waals surface area contributed by atoms with E-state index in [2.05, 4.69) is 0 Å². The van der Waals surface area contributed by atoms with E-state index >= 15 is 0 Å². The van der Waals surface area contributed by atoms with Crippen LogP contribution in [0.5, 0.6) is 0 Å². The van der Waals surface area contributed by atoms with Crippen molar-refractivity contribution in [3.05, 3.63) is 0 Å². The molecular formula is C11H20O5. The van der Waals surface area contributed by atoms with Gasteiger partial charge in [0, 0.05) is 0 Å². The molecule has 0 aromatic carbocycles. The van der Waals surface area contributed by atoms with E-state index in [0.717, 1.165) is 0 Å². The second kappa shape index (κ2) is 8.10. The zero-order valence-electron chi connectivity index (χ0n) is 10.1. The zero-order chi connectivity index (χ0) is 12.6. The van der Waals surface area contributed by atoms with Crippen molar-refractivity contribution in [1.29, 1.82) is 0 Å². The average Bonchev–Trinajstić information content (AvgIpc) is 2.19. The van der Waals surface area contributed by atoms with Gasteiger partial charge in [0.25, 0.3) is 0 Å². The van der Waals surface area contributed by atoms with E-state index in [1.807, 2.05) is 6.92 Å². The number of esters is 2. The second-order valence-electron chi connectivity index (χ2n) is 3.34. The molecule has 0 aliphatic carbocycles. The Kier molecular flexibility index (Phi) is 7.54. The van der Waals surface area contributed by atoms with Crippen molar-refractivity contribution in [2.24, 2.45) is 5.92 Å². The van der Waals surface area contributed by atoms with E-state index in [4.69, 9.17) is 9.47 Å². The molecule has 1 atom stereocenters. The Labute approximate surface area is 95.7 Å². The smallest absolute Gasteiger partial charge is 0.323 e. The molecular weight excluding hydrogens is 212 g/mol. The number of rotatable bonds is 7. The van der Waals surface area contributed by atoms with E-state index in [9.17, 15) is 14.7 Å². The van der Waals surface area contributed by atoms with Gasteiger partial charge < -0.3 is 14.6 Å². The van der Waals surface area contributed by atoms with Crippen molar-refractivity contribution in [3.63, 3.8) is 0 Å². The van der Waals surface area contributed by atoms with Gasteiger partial charge in [0.2, 0.25) is 0 Å². The molecule has 5 heteroatoms. The highest BCUT2D eigenvalue weighted by atomic mass is 16.6. The first-order valence-corrected chi connectivity index (χ1v) is 5.59. The maximum absolute atomic E-state index is 11.5. The quantitative estimate of drug-likeness (QED) is 0.521. The average molecular weight is 232 g/mol. The van der Waals surface area contributed by atoms with Crippen molar-refractivity contribution in [1.82, 2.24) is 0 Å². The van der Waals surface area contributed by atoms with Gasteiger partial charge in [-0.2, -0.15) is 0 Å². The van der Waals surface area contributed by atoms with Crippen molar-refractivity contribution in [2.45, 2.75) is 39.7 Å². The topological polar surface area (TPSA) is 72.8 Å². The summed E-state index contributed by atoms with van der Waals surface area (Å²) in [6, 6.07) is 0. The minimum absolute atomic E-state index is 0.174. The van der Waals surface area contributed by atoms with Crippen molar-refractivity contribution >= 4 is 11.9 Å². The van der Waals surface area contributed by atoms with Gasteiger partial charge >= 0.3 is 11.9 Å². The number of hydrogen-bond donors (Lipinski definition) is 1. The van der Waals surface area contributed by atoms with Crippen LogP contribution in [0.3, 0.4) is 0 Å². The standard InChI is InChI=1S/C11H20O5/c1-4-7-8(12)9(10(13)15-5-2)11(14)16-6-3/h8-9,12H,4-7H2,1-3H3. The van der Waals surface area contributed by atoms with Crippen LogP contribution in [0.2, 0.25) is 0 Å². The summed E-state index contributed by atoms with van der Waals surface area (Å²) in [5, 5.41) is 9.70. The van der Waals surface area contributed by atoms with E-state index in [0.29, 0.717) is 12.8 Å². The molecule has 16 heavy (non-hydrogen) atoms. The van der Waals surface area contributed by atoms with Crippen molar-refractivity contribution in [3.8, 4) is 0 Å². The maximum atomic E-state index is 11.5. The van der Waals surface area contributed by atoms with Crippen LogP contribution < -0.4 is 0 Å². The summed E-state index contributed by atoms with van der Waals surface area (Å²) in [6.07, 6.45) is 0.00165. The first-order chi connectivity index (χ1) is 7.58. The van der Waals surface area contributed by atoms with Crippen LogP contribution in [0.15, 0.2) is 0 Å². The van der Waals surface area contributed by atoms with Crippen LogP contribution >= 0.6 is 0 Å². The van der Waals surface area contributed by atoms with Crippen LogP contribution in [0.1, 0.15) is 33.6 Å². The third kappa shape index (κ3) is 4.61.